The summed E-state index contributed by atoms with van der Waals surface area (Å²) in [5.74, 6) is 0.767. The molecule has 0 aliphatic heterocycles. The minimum atomic E-state index is -0.330. The predicted molar refractivity (Wildman–Crippen MR) is 81.4 cm³/mol. The van der Waals surface area contributed by atoms with Crippen LogP contribution >= 0.6 is 27.3 Å². The number of thiazole rings is 1. The number of aromatic amines is 1. The van der Waals surface area contributed by atoms with E-state index in [2.05, 4.69) is 37.0 Å². The highest BCUT2D eigenvalue weighted by Gasteiger charge is 2.47. The molecule has 6 heteroatoms. The molecule has 0 unspecified atom stereocenters. The number of fused-ring (bicyclic) bond motifs is 1. The minimum absolute atomic E-state index is 0.330. The molecule has 1 aliphatic carbocycles. The number of hydrogen-bond acceptors (Lipinski definition) is 4. The number of imidazole rings is 1. The Hall–Kier alpha value is -1.71. The maximum absolute atomic E-state index is 9.22. The van der Waals surface area contributed by atoms with E-state index in [0.717, 1.165) is 44.9 Å². The first-order valence-corrected chi connectivity index (χ1v) is 7.90. The van der Waals surface area contributed by atoms with Gasteiger partial charge in [-0.3, -0.25) is 0 Å². The molecular weight excluding hydrogens is 336 g/mol. The van der Waals surface area contributed by atoms with Crippen LogP contribution in [0.2, 0.25) is 0 Å². The van der Waals surface area contributed by atoms with E-state index in [0.29, 0.717) is 0 Å². The maximum Gasteiger partial charge on any atom is 0.167 e. The molecule has 1 saturated carbocycles. The molecule has 1 fully saturated rings. The molecule has 0 radical (unpaired) electrons. The summed E-state index contributed by atoms with van der Waals surface area (Å²) >= 11 is 4.99. The Labute approximate surface area is 127 Å². The summed E-state index contributed by atoms with van der Waals surface area (Å²) in [6, 6.07) is 8.30. The van der Waals surface area contributed by atoms with Crippen molar-refractivity contribution in [2.75, 3.05) is 0 Å². The van der Waals surface area contributed by atoms with Crippen LogP contribution in [-0.4, -0.2) is 15.0 Å². The average molecular weight is 345 g/mol. The average Bonchev–Trinajstić information content (AvgIpc) is 2.91. The van der Waals surface area contributed by atoms with Gasteiger partial charge in [-0.2, -0.15) is 5.26 Å². The van der Waals surface area contributed by atoms with Gasteiger partial charge in [0.1, 0.15) is 5.41 Å². The fourth-order valence-corrected chi connectivity index (χ4v) is 3.46. The van der Waals surface area contributed by atoms with Crippen LogP contribution in [0.4, 0.5) is 0 Å². The van der Waals surface area contributed by atoms with Gasteiger partial charge in [-0.15, -0.1) is 11.3 Å². The molecule has 98 valence electrons. The van der Waals surface area contributed by atoms with Crippen LogP contribution in [0.25, 0.3) is 21.9 Å². The molecule has 0 saturated heterocycles. The van der Waals surface area contributed by atoms with Crippen molar-refractivity contribution in [1.82, 2.24) is 15.0 Å². The van der Waals surface area contributed by atoms with E-state index in [1.54, 1.807) is 0 Å². The number of nitriles is 1. The normalized spacial score (nSPS) is 16.2. The Morgan fingerprint density at radius 1 is 1.35 bits per heavy atom. The van der Waals surface area contributed by atoms with Crippen LogP contribution in [0.5, 0.6) is 0 Å². The summed E-state index contributed by atoms with van der Waals surface area (Å²) in [6.45, 7) is 0. The molecule has 0 amide bonds. The van der Waals surface area contributed by atoms with Crippen LogP contribution in [0.3, 0.4) is 0 Å². The van der Waals surface area contributed by atoms with Gasteiger partial charge in [-0.25, -0.2) is 9.97 Å². The van der Waals surface area contributed by atoms with Crippen LogP contribution in [0.1, 0.15) is 18.5 Å². The third kappa shape index (κ3) is 1.78. The Morgan fingerprint density at radius 3 is 2.95 bits per heavy atom. The number of hydrogen-bond donors (Lipinski definition) is 1. The number of rotatable bonds is 2. The number of nitrogens with zero attached hydrogens (tertiary/aromatic N) is 3. The number of H-pyrrole nitrogens is 1. The zero-order valence-corrected chi connectivity index (χ0v) is 12.8. The Balaban J connectivity index is 1.78. The largest absolute Gasteiger partial charge is 0.336 e. The van der Waals surface area contributed by atoms with E-state index in [-0.39, 0.29) is 5.41 Å². The van der Waals surface area contributed by atoms with Crippen molar-refractivity contribution < 1.29 is 0 Å². The SMILES string of the molecule is N#CC1(c2csc(-c3nc4ccc(Br)cc4[nH]3)n2)CC1. The third-order valence-corrected chi connectivity index (χ3v) is 4.95. The molecule has 2 heterocycles. The van der Waals surface area contributed by atoms with E-state index in [9.17, 15) is 5.26 Å². The molecule has 0 bridgehead atoms. The van der Waals surface area contributed by atoms with Crippen molar-refractivity contribution in [3.63, 3.8) is 0 Å². The van der Waals surface area contributed by atoms with Gasteiger partial charge in [0.05, 0.1) is 22.8 Å². The molecule has 3 aromatic rings. The number of nitrogens with one attached hydrogen (secondary N) is 1. The predicted octanol–water partition coefficient (Wildman–Crippen LogP) is 4.00. The standard InChI is InChI=1S/C14H9BrN4S/c15-8-1-2-9-10(5-8)18-12(17-9)13-19-11(6-20-13)14(7-16)3-4-14/h1-2,5-6H,3-4H2,(H,17,18). The van der Waals surface area contributed by atoms with Crippen LogP contribution in [0.15, 0.2) is 28.1 Å². The molecule has 1 N–H and O–H groups in total. The second kappa shape index (κ2) is 4.14. The van der Waals surface area contributed by atoms with Gasteiger partial charge in [-0.1, -0.05) is 15.9 Å². The lowest BCUT2D eigenvalue weighted by Crippen LogP contribution is -2.02. The van der Waals surface area contributed by atoms with E-state index in [1.807, 2.05) is 23.6 Å². The van der Waals surface area contributed by atoms with Gasteiger partial charge in [0, 0.05) is 9.85 Å². The fraction of sp³-hybridized carbons (Fsp3) is 0.214. The first-order chi connectivity index (χ1) is 9.70. The molecule has 0 spiro atoms. The molecule has 4 rings (SSSR count). The topological polar surface area (TPSA) is 65.4 Å². The fourth-order valence-electron chi connectivity index (χ4n) is 2.24. The van der Waals surface area contributed by atoms with E-state index < -0.39 is 0 Å². The van der Waals surface area contributed by atoms with Gasteiger partial charge in [0.15, 0.2) is 10.8 Å². The third-order valence-electron chi connectivity index (χ3n) is 3.61. The van der Waals surface area contributed by atoms with Gasteiger partial charge in [0.2, 0.25) is 0 Å². The van der Waals surface area contributed by atoms with Gasteiger partial charge in [-0.05, 0) is 31.0 Å². The van der Waals surface area contributed by atoms with Crippen molar-refractivity contribution >= 4 is 38.3 Å². The monoisotopic (exact) mass is 344 g/mol. The minimum Gasteiger partial charge on any atom is -0.336 e. The first-order valence-electron chi connectivity index (χ1n) is 6.23. The maximum atomic E-state index is 9.22. The zero-order valence-electron chi connectivity index (χ0n) is 10.4. The Morgan fingerprint density at radius 2 is 2.20 bits per heavy atom. The van der Waals surface area contributed by atoms with E-state index in [4.69, 9.17) is 0 Å². The Kier molecular flexibility index (Phi) is 2.50. The smallest absolute Gasteiger partial charge is 0.167 e. The quantitative estimate of drug-likeness (QED) is 0.763. The van der Waals surface area contributed by atoms with Gasteiger partial charge < -0.3 is 4.98 Å². The number of benzene rings is 1. The first kappa shape index (κ1) is 12.1. The van der Waals surface area contributed by atoms with Crippen molar-refractivity contribution in [1.29, 1.82) is 5.26 Å². The highest BCUT2D eigenvalue weighted by atomic mass is 79.9. The summed E-state index contributed by atoms with van der Waals surface area (Å²) in [7, 11) is 0. The lowest BCUT2D eigenvalue weighted by molar-refractivity contribution is 0.867. The molecule has 1 aromatic carbocycles. The summed E-state index contributed by atoms with van der Waals surface area (Å²) in [4.78, 5) is 12.4. The number of aromatic nitrogens is 3. The van der Waals surface area contributed by atoms with Crippen LogP contribution < -0.4 is 0 Å². The highest BCUT2D eigenvalue weighted by Crippen LogP contribution is 2.48. The molecule has 4 nitrogen and oxygen atoms in total. The lowest BCUT2D eigenvalue weighted by atomic mass is 10.1. The van der Waals surface area contributed by atoms with Crippen LogP contribution in [0, 0.1) is 11.3 Å². The molecule has 1 aliphatic rings. The second-order valence-corrected chi connectivity index (χ2v) is 6.75. The molecule has 20 heavy (non-hydrogen) atoms. The lowest BCUT2D eigenvalue weighted by Gasteiger charge is -1.97. The van der Waals surface area contributed by atoms with Crippen LogP contribution in [-0.2, 0) is 5.41 Å². The summed E-state index contributed by atoms with van der Waals surface area (Å²) in [5.41, 5.74) is 2.46. The van der Waals surface area contributed by atoms with Gasteiger partial charge >= 0.3 is 0 Å². The van der Waals surface area contributed by atoms with Crippen molar-refractivity contribution in [2.24, 2.45) is 0 Å². The summed E-state index contributed by atoms with van der Waals surface area (Å²) < 4.78 is 1.02. The van der Waals surface area contributed by atoms with E-state index in [1.165, 1.54) is 11.3 Å². The van der Waals surface area contributed by atoms with Gasteiger partial charge in [0.25, 0.3) is 0 Å². The number of halogens is 1. The Bertz CT molecular complexity index is 854. The van der Waals surface area contributed by atoms with Crippen molar-refractivity contribution in [3.05, 3.63) is 33.7 Å². The highest BCUT2D eigenvalue weighted by molar-refractivity contribution is 9.10. The van der Waals surface area contributed by atoms with Crippen molar-refractivity contribution in [3.8, 4) is 16.9 Å². The zero-order chi connectivity index (χ0) is 13.7. The molecular formula is C14H9BrN4S. The molecule has 2 aromatic heterocycles. The summed E-state index contributed by atoms with van der Waals surface area (Å²) in [5, 5.41) is 12.0. The molecule has 0 atom stereocenters. The summed E-state index contributed by atoms with van der Waals surface area (Å²) in [6.07, 6.45) is 1.83. The van der Waals surface area contributed by atoms with E-state index >= 15 is 0 Å². The van der Waals surface area contributed by atoms with Crippen molar-refractivity contribution in [2.45, 2.75) is 18.3 Å². The second-order valence-electron chi connectivity index (χ2n) is 4.98.